The average Bonchev–Trinajstić information content (AvgIpc) is 2.38. The van der Waals surface area contributed by atoms with Crippen LogP contribution in [0.25, 0.3) is 0 Å². The number of halogens is 2. The van der Waals surface area contributed by atoms with Crippen LogP contribution in [0.15, 0.2) is 36.5 Å². The van der Waals surface area contributed by atoms with Crippen LogP contribution in [0.5, 0.6) is 0 Å². The van der Waals surface area contributed by atoms with E-state index in [2.05, 4.69) is 4.98 Å². The molecule has 4 nitrogen and oxygen atoms in total. The topological polar surface area (TPSA) is 53.4 Å². The summed E-state index contributed by atoms with van der Waals surface area (Å²) in [6.45, 7) is 0.416. The molecule has 0 aliphatic carbocycles. The lowest BCUT2D eigenvalue weighted by atomic mass is 10.2. The normalized spacial score (nSPS) is 10.3. The van der Waals surface area contributed by atoms with Crippen LogP contribution in [-0.4, -0.2) is 23.1 Å². The van der Waals surface area contributed by atoms with E-state index in [1.54, 1.807) is 24.1 Å². The molecule has 0 saturated carbocycles. The molecule has 0 bridgehead atoms. The number of aromatic carboxylic acids is 1. The van der Waals surface area contributed by atoms with Gasteiger partial charge in [-0.25, -0.2) is 14.2 Å². The van der Waals surface area contributed by atoms with E-state index < -0.39 is 11.8 Å². The van der Waals surface area contributed by atoms with Gasteiger partial charge in [0.05, 0.1) is 6.20 Å². The van der Waals surface area contributed by atoms with Crippen LogP contribution in [0.1, 0.15) is 15.9 Å². The predicted molar refractivity (Wildman–Crippen MR) is 74.7 cm³/mol. The lowest BCUT2D eigenvalue weighted by Gasteiger charge is -2.20. The molecule has 0 amide bonds. The highest BCUT2D eigenvalue weighted by atomic mass is 35.5. The van der Waals surface area contributed by atoms with Gasteiger partial charge >= 0.3 is 5.97 Å². The molecule has 0 radical (unpaired) electrons. The third-order valence-electron chi connectivity index (χ3n) is 2.73. The van der Waals surface area contributed by atoms with E-state index in [0.29, 0.717) is 11.6 Å². The van der Waals surface area contributed by atoms with Crippen molar-refractivity contribution in [1.29, 1.82) is 0 Å². The fourth-order valence-corrected chi connectivity index (χ4v) is 2.09. The minimum atomic E-state index is -1.22. The summed E-state index contributed by atoms with van der Waals surface area (Å²) in [6.07, 6.45) is 0.996. The Bertz CT molecular complexity index is 649. The molecule has 20 heavy (non-hydrogen) atoms. The van der Waals surface area contributed by atoms with Crippen molar-refractivity contribution in [2.45, 2.75) is 6.54 Å². The van der Waals surface area contributed by atoms with Crippen LogP contribution < -0.4 is 4.90 Å². The Hall–Kier alpha value is -2.14. The second kappa shape index (κ2) is 5.88. The summed E-state index contributed by atoms with van der Waals surface area (Å²) in [4.78, 5) is 16.6. The van der Waals surface area contributed by atoms with Crippen LogP contribution in [0, 0.1) is 5.82 Å². The summed E-state index contributed by atoms with van der Waals surface area (Å²) in [5.74, 6) is -1.69. The van der Waals surface area contributed by atoms with Gasteiger partial charge in [0.15, 0.2) is 0 Å². The van der Waals surface area contributed by atoms with Gasteiger partial charge in [0.25, 0.3) is 0 Å². The molecule has 0 saturated heterocycles. The van der Waals surface area contributed by atoms with E-state index in [1.165, 1.54) is 0 Å². The molecule has 1 heterocycles. The molecule has 104 valence electrons. The SMILES string of the molecule is CN(Cc1cccc(Cl)c1)c1ncc(F)cc1C(=O)O. The van der Waals surface area contributed by atoms with Crippen molar-refractivity contribution in [3.63, 3.8) is 0 Å². The highest BCUT2D eigenvalue weighted by Crippen LogP contribution is 2.20. The summed E-state index contributed by atoms with van der Waals surface area (Å²) >= 11 is 5.90. The first kappa shape index (κ1) is 14.3. The van der Waals surface area contributed by atoms with Crippen molar-refractivity contribution in [1.82, 2.24) is 4.98 Å². The molecule has 0 unspecified atom stereocenters. The predicted octanol–water partition coefficient (Wildman–Crippen LogP) is 3.21. The molecular weight excluding hydrogens is 283 g/mol. The van der Waals surface area contributed by atoms with Crippen LogP contribution in [0.3, 0.4) is 0 Å². The molecule has 1 aromatic carbocycles. The molecule has 2 aromatic rings. The monoisotopic (exact) mass is 294 g/mol. The van der Waals surface area contributed by atoms with Gasteiger partial charge in [0, 0.05) is 18.6 Å². The van der Waals surface area contributed by atoms with Crippen molar-refractivity contribution < 1.29 is 14.3 Å². The number of rotatable bonds is 4. The van der Waals surface area contributed by atoms with Gasteiger partial charge in [-0.15, -0.1) is 0 Å². The van der Waals surface area contributed by atoms with Crippen LogP contribution in [0.4, 0.5) is 10.2 Å². The number of hydrogen-bond acceptors (Lipinski definition) is 3. The number of anilines is 1. The zero-order valence-corrected chi connectivity index (χ0v) is 11.4. The number of pyridine rings is 1. The summed E-state index contributed by atoms with van der Waals surface area (Å²) in [5.41, 5.74) is 0.733. The summed E-state index contributed by atoms with van der Waals surface area (Å²) in [5, 5.41) is 9.69. The molecule has 1 N–H and O–H groups in total. The van der Waals surface area contributed by atoms with E-state index in [0.717, 1.165) is 17.8 Å². The Kier molecular flexibility index (Phi) is 4.20. The van der Waals surface area contributed by atoms with E-state index in [9.17, 15) is 9.18 Å². The van der Waals surface area contributed by atoms with Gasteiger partial charge < -0.3 is 10.0 Å². The number of aromatic nitrogens is 1. The Balaban J connectivity index is 2.29. The fourth-order valence-electron chi connectivity index (χ4n) is 1.88. The Morgan fingerprint density at radius 1 is 1.45 bits per heavy atom. The lowest BCUT2D eigenvalue weighted by Crippen LogP contribution is -2.21. The quantitative estimate of drug-likeness (QED) is 0.941. The number of nitrogens with zero attached hydrogens (tertiary/aromatic N) is 2. The van der Waals surface area contributed by atoms with Crippen molar-refractivity contribution in [3.05, 3.63) is 58.5 Å². The Morgan fingerprint density at radius 3 is 2.85 bits per heavy atom. The van der Waals surface area contributed by atoms with Gasteiger partial charge in [0.1, 0.15) is 17.2 Å². The van der Waals surface area contributed by atoms with E-state index in [-0.39, 0.29) is 11.4 Å². The van der Waals surface area contributed by atoms with E-state index in [1.807, 2.05) is 12.1 Å². The Labute approximate surface area is 120 Å². The van der Waals surface area contributed by atoms with E-state index >= 15 is 0 Å². The average molecular weight is 295 g/mol. The van der Waals surface area contributed by atoms with Crippen LogP contribution in [0.2, 0.25) is 5.02 Å². The van der Waals surface area contributed by atoms with Gasteiger partial charge in [-0.2, -0.15) is 0 Å². The number of carboxylic acids is 1. The largest absolute Gasteiger partial charge is 0.478 e. The third kappa shape index (κ3) is 3.24. The summed E-state index contributed by atoms with van der Waals surface area (Å²) < 4.78 is 13.1. The molecule has 0 aliphatic heterocycles. The van der Waals surface area contributed by atoms with Gasteiger partial charge in [-0.1, -0.05) is 23.7 Å². The highest BCUT2D eigenvalue weighted by molar-refractivity contribution is 6.30. The molecule has 0 fully saturated rings. The standard InChI is InChI=1S/C14H12ClFN2O2/c1-18(8-9-3-2-4-10(15)5-9)13-12(14(19)20)6-11(16)7-17-13/h2-7H,8H2,1H3,(H,19,20). The summed E-state index contributed by atoms with van der Waals surface area (Å²) in [6, 6.07) is 8.17. The fraction of sp³-hybridized carbons (Fsp3) is 0.143. The summed E-state index contributed by atoms with van der Waals surface area (Å²) in [7, 11) is 1.69. The molecule has 0 atom stereocenters. The van der Waals surface area contributed by atoms with Crippen molar-refractivity contribution in [2.24, 2.45) is 0 Å². The van der Waals surface area contributed by atoms with Crippen LogP contribution >= 0.6 is 11.6 Å². The zero-order valence-electron chi connectivity index (χ0n) is 10.7. The second-order valence-electron chi connectivity index (χ2n) is 4.32. The van der Waals surface area contributed by atoms with Crippen molar-refractivity contribution in [3.8, 4) is 0 Å². The highest BCUT2D eigenvalue weighted by Gasteiger charge is 2.16. The number of carboxylic acid groups (broad SMARTS) is 1. The molecule has 1 aromatic heterocycles. The first-order chi connectivity index (χ1) is 9.47. The smallest absolute Gasteiger partial charge is 0.339 e. The zero-order chi connectivity index (χ0) is 14.7. The maximum absolute atomic E-state index is 13.1. The molecular formula is C14H12ClFN2O2. The van der Waals surface area contributed by atoms with Crippen molar-refractivity contribution in [2.75, 3.05) is 11.9 Å². The van der Waals surface area contributed by atoms with Gasteiger partial charge in [0.2, 0.25) is 0 Å². The van der Waals surface area contributed by atoms with Crippen LogP contribution in [-0.2, 0) is 6.54 Å². The second-order valence-corrected chi connectivity index (χ2v) is 4.75. The molecule has 0 aliphatic rings. The Morgan fingerprint density at radius 2 is 2.20 bits per heavy atom. The minimum Gasteiger partial charge on any atom is -0.478 e. The molecule has 6 heteroatoms. The first-order valence-corrected chi connectivity index (χ1v) is 6.19. The third-order valence-corrected chi connectivity index (χ3v) is 2.97. The van der Waals surface area contributed by atoms with Crippen molar-refractivity contribution >= 4 is 23.4 Å². The maximum Gasteiger partial charge on any atom is 0.339 e. The van der Waals surface area contributed by atoms with Gasteiger partial charge in [-0.3, -0.25) is 0 Å². The first-order valence-electron chi connectivity index (χ1n) is 5.82. The number of benzene rings is 1. The number of carbonyl (C=O) groups is 1. The molecule has 2 rings (SSSR count). The molecule has 0 spiro atoms. The maximum atomic E-state index is 13.1. The lowest BCUT2D eigenvalue weighted by molar-refractivity contribution is 0.0696. The number of hydrogen-bond donors (Lipinski definition) is 1. The van der Waals surface area contributed by atoms with E-state index in [4.69, 9.17) is 16.7 Å². The van der Waals surface area contributed by atoms with Gasteiger partial charge in [-0.05, 0) is 23.8 Å². The minimum absolute atomic E-state index is 0.172.